The summed E-state index contributed by atoms with van der Waals surface area (Å²) in [6, 6.07) is 13.1. The van der Waals surface area contributed by atoms with Gasteiger partial charge in [-0.25, -0.2) is 22.0 Å². The fourth-order valence-corrected chi connectivity index (χ4v) is 3.97. The van der Waals surface area contributed by atoms with E-state index in [-0.39, 0.29) is 35.3 Å². The molecule has 0 N–H and O–H groups in total. The maximum atomic E-state index is 14.9. The minimum Gasteiger partial charge on any atom is -0.368 e. The van der Waals surface area contributed by atoms with E-state index < -0.39 is 35.5 Å². The van der Waals surface area contributed by atoms with Gasteiger partial charge in [0.1, 0.15) is 11.9 Å². The molecule has 1 unspecified atom stereocenters. The van der Waals surface area contributed by atoms with Crippen LogP contribution in [0.5, 0.6) is 0 Å². The zero-order valence-electron chi connectivity index (χ0n) is 17.6. The number of epoxide rings is 1. The molecule has 1 nitrogen and oxygen atoms in total. The van der Waals surface area contributed by atoms with Gasteiger partial charge in [-0.3, -0.25) is 0 Å². The van der Waals surface area contributed by atoms with Gasteiger partial charge in [0.2, 0.25) is 0 Å². The molecular formula is C26H23F5O. The molecule has 1 aliphatic rings. The Hall–Kier alpha value is -2.73. The molecule has 0 aliphatic carbocycles. The summed E-state index contributed by atoms with van der Waals surface area (Å²) < 4.78 is 76.6. The van der Waals surface area contributed by atoms with Crippen LogP contribution in [-0.4, -0.2) is 6.61 Å². The second-order valence-corrected chi connectivity index (χ2v) is 8.02. The van der Waals surface area contributed by atoms with Crippen LogP contribution in [0.25, 0.3) is 11.1 Å². The van der Waals surface area contributed by atoms with E-state index in [1.165, 1.54) is 29.8 Å². The molecule has 3 aromatic rings. The first kappa shape index (κ1) is 22.5. The molecule has 0 aromatic heterocycles. The molecule has 0 bridgehead atoms. The Morgan fingerprint density at radius 3 is 2.00 bits per heavy atom. The first-order chi connectivity index (χ1) is 15.4. The van der Waals surface area contributed by atoms with E-state index in [1.54, 1.807) is 0 Å². The number of hydrogen-bond acceptors (Lipinski definition) is 1. The summed E-state index contributed by atoms with van der Waals surface area (Å²) in [4.78, 5) is 0. The van der Waals surface area contributed by atoms with Crippen LogP contribution >= 0.6 is 0 Å². The molecule has 1 atom stereocenters. The molecule has 4 rings (SSSR count). The van der Waals surface area contributed by atoms with Gasteiger partial charge in [0.25, 0.3) is 6.43 Å². The summed E-state index contributed by atoms with van der Waals surface area (Å²) >= 11 is 0. The summed E-state index contributed by atoms with van der Waals surface area (Å²) in [6.45, 7) is 2.35. The van der Waals surface area contributed by atoms with Gasteiger partial charge in [-0.1, -0.05) is 61.9 Å². The number of halogens is 5. The molecule has 0 spiro atoms. The van der Waals surface area contributed by atoms with Gasteiger partial charge >= 0.3 is 0 Å². The first-order valence-electron chi connectivity index (χ1n) is 10.7. The quantitative estimate of drug-likeness (QED) is 0.258. The largest absolute Gasteiger partial charge is 0.368 e. The number of aryl methyl sites for hydroxylation is 3. The van der Waals surface area contributed by atoms with Crippen molar-refractivity contribution in [2.24, 2.45) is 0 Å². The predicted molar refractivity (Wildman–Crippen MR) is 113 cm³/mol. The summed E-state index contributed by atoms with van der Waals surface area (Å²) in [6.07, 6.45) is -0.954. The average Bonchev–Trinajstić information content (AvgIpc) is 3.61. The van der Waals surface area contributed by atoms with Crippen molar-refractivity contribution in [1.82, 2.24) is 0 Å². The highest BCUT2D eigenvalue weighted by molar-refractivity contribution is 5.70. The lowest BCUT2D eigenvalue weighted by molar-refractivity contribution is 0.146. The second-order valence-electron chi connectivity index (χ2n) is 8.02. The van der Waals surface area contributed by atoms with Crippen molar-refractivity contribution in [2.75, 3.05) is 6.61 Å². The van der Waals surface area contributed by atoms with Crippen molar-refractivity contribution >= 4 is 0 Å². The van der Waals surface area contributed by atoms with E-state index in [9.17, 15) is 22.0 Å². The highest BCUT2D eigenvalue weighted by Crippen LogP contribution is 2.41. The Morgan fingerprint density at radius 2 is 1.41 bits per heavy atom. The van der Waals surface area contributed by atoms with Gasteiger partial charge in [0, 0.05) is 11.1 Å². The number of benzene rings is 3. The normalized spacial score (nSPS) is 15.4. The van der Waals surface area contributed by atoms with Gasteiger partial charge in [-0.05, 0) is 41.5 Å². The third-order valence-corrected chi connectivity index (χ3v) is 5.81. The standard InChI is InChI=1S/C26H23F5O/c1-2-3-15-4-6-16(7-5-15)8-9-17-10-11-19(25(29)23(17)27)18-12-13-20(21-14-32-21)24(28)22(18)26(30)31/h4-7,10-13,21,26H,2-3,8-9,14H2,1H3. The van der Waals surface area contributed by atoms with E-state index in [1.807, 2.05) is 24.3 Å². The monoisotopic (exact) mass is 446 g/mol. The summed E-state index contributed by atoms with van der Waals surface area (Å²) in [7, 11) is 0. The van der Waals surface area contributed by atoms with Crippen LogP contribution in [0.1, 0.15) is 53.7 Å². The molecule has 6 heteroatoms. The van der Waals surface area contributed by atoms with Crippen LogP contribution in [0.4, 0.5) is 22.0 Å². The Morgan fingerprint density at radius 1 is 0.781 bits per heavy atom. The molecule has 0 radical (unpaired) electrons. The number of hydrogen-bond donors (Lipinski definition) is 0. The Labute approximate surface area is 183 Å². The topological polar surface area (TPSA) is 12.5 Å². The lowest BCUT2D eigenvalue weighted by atomic mass is 9.93. The van der Waals surface area contributed by atoms with Crippen molar-refractivity contribution in [3.8, 4) is 11.1 Å². The molecule has 0 saturated carbocycles. The van der Waals surface area contributed by atoms with E-state index in [4.69, 9.17) is 4.74 Å². The lowest BCUT2D eigenvalue weighted by Crippen LogP contribution is -2.04. The SMILES string of the molecule is CCCc1ccc(CCc2ccc(-c3ccc(C4CO4)c(F)c3C(F)F)c(F)c2F)cc1. The highest BCUT2D eigenvalue weighted by atomic mass is 19.3. The maximum Gasteiger partial charge on any atom is 0.267 e. The summed E-state index contributed by atoms with van der Waals surface area (Å²) in [5.74, 6) is -3.48. The average molecular weight is 446 g/mol. The maximum absolute atomic E-state index is 14.9. The Balaban J connectivity index is 1.60. The number of alkyl halides is 2. The molecule has 1 aliphatic heterocycles. The smallest absolute Gasteiger partial charge is 0.267 e. The fourth-order valence-electron chi connectivity index (χ4n) is 3.97. The number of rotatable bonds is 8. The molecule has 0 amide bonds. The molecule has 32 heavy (non-hydrogen) atoms. The third kappa shape index (κ3) is 4.56. The van der Waals surface area contributed by atoms with Gasteiger partial charge in [-0.15, -0.1) is 0 Å². The van der Waals surface area contributed by atoms with Crippen molar-refractivity contribution in [1.29, 1.82) is 0 Å². The third-order valence-electron chi connectivity index (χ3n) is 5.81. The summed E-state index contributed by atoms with van der Waals surface area (Å²) in [5, 5.41) is 0. The highest BCUT2D eigenvalue weighted by Gasteiger charge is 2.32. The fraction of sp³-hybridized carbons (Fsp3) is 0.308. The van der Waals surface area contributed by atoms with Crippen LogP contribution in [0.15, 0.2) is 48.5 Å². The molecular weight excluding hydrogens is 423 g/mol. The molecule has 1 saturated heterocycles. The molecule has 1 fully saturated rings. The summed E-state index contributed by atoms with van der Waals surface area (Å²) in [5.41, 5.74) is 0.700. The lowest BCUT2D eigenvalue weighted by Gasteiger charge is -2.15. The van der Waals surface area contributed by atoms with E-state index in [2.05, 4.69) is 6.92 Å². The van der Waals surface area contributed by atoms with Crippen molar-refractivity contribution in [2.45, 2.75) is 45.1 Å². The Kier molecular flexibility index (Phi) is 6.60. The second kappa shape index (κ2) is 9.41. The molecule has 1 heterocycles. The van der Waals surface area contributed by atoms with E-state index >= 15 is 0 Å². The zero-order valence-corrected chi connectivity index (χ0v) is 17.6. The van der Waals surface area contributed by atoms with Gasteiger partial charge in [0.15, 0.2) is 11.6 Å². The van der Waals surface area contributed by atoms with E-state index in [0.29, 0.717) is 6.42 Å². The van der Waals surface area contributed by atoms with Crippen LogP contribution in [-0.2, 0) is 24.0 Å². The van der Waals surface area contributed by atoms with Gasteiger partial charge < -0.3 is 4.74 Å². The molecule has 3 aromatic carbocycles. The van der Waals surface area contributed by atoms with E-state index in [0.717, 1.165) is 18.4 Å². The van der Waals surface area contributed by atoms with Gasteiger partial charge in [0.05, 0.1) is 12.2 Å². The van der Waals surface area contributed by atoms with Crippen molar-refractivity contribution < 1.29 is 26.7 Å². The predicted octanol–water partition coefficient (Wildman–Crippen LogP) is 7.52. The van der Waals surface area contributed by atoms with Crippen molar-refractivity contribution in [3.05, 3.63) is 93.8 Å². The van der Waals surface area contributed by atoms with Crippen LogP contribution in [0.2, 0.25) is 0 Å². The minimum absolute atomic E-state index is 0.00602. The zero-order chi connectivity index (χ0) is 22.8. The van der Waals surface area contributed by atoms with Crippen molar-refractivity contribution in [3.63, 3.8) is 0 Å². The first-order valence-corrected chi connectivity index (χ1v) is 10.7. The van der Waals surface area contributed by atoms with Crippen LogP contribution in [0.3, 0.4) is 0 Å². The number of ether oxygens (including phenoxy) is 1. The van der Waals surface area contributed by atoms with Gasteiger partial charge in [-0.2, -0.15) is 0 Å². The van der Waals surface area contributed by atoms with Crippen LogP contribution < -0.4 is 0 Å². The van der Waals surface area contributed by atoms with Crippen LogP contribution in [0, 0.1) is 17.5 Å². The molecule has 168 valence electrons. The Bertz CT molecular complexity index is 1100. The minimum atomic E-state index is -3.18.